The Kier molecular flexibility index (Phi) is 6.60. The maximum Gasteiger partial charge on any atom is 0.490 e. The number of hydrogen-bond donors (Lipinski definition) is 1. The van der Waals surface area contributed by atoms with Crippen LogP contribution in [0.5, 0.6) is 0 Å². The second-order valence-electron chi connectivity index (χ2n) is 9.09. The van der Waals surface area contributed by atoms with Crippen LogP contribution in [-0.2, 0) is 15.1 Å². The smallest absolute Gasteiger partial charge is 0.475 e. The Morgan fingerprint density at radius 3 is 2.56 bits per heavy atom. The average molecular weight is 479 g/mol. The maximum atomic E-state index is 13.1. The molecule has 1 aliphatic carbocycles. The van der Waals surface area contributed by atoms with E-state index in [2.05, 4.69) is 50.7 Å². The normalized spacial score (nSPS) is 21.8. The number of carboxylic acid groups (broad SMARTS) is 1. The standard InChI is InChI=1S/C22H28N4O.C2HF3O2/c1-2-13-26-18-9-5-12-23-20(18)25-14-6-10-19(25)22(26)11-15-24(16-22)21(27)17-7-3-4-8-17;3-2(4,5)1(6)7/h5-6,9-10,12,14,17H,2-4,7-8,11,13,15-16H2,1H3;(H,6,7). The molecule has 3 aliphatic rings. The summed E-state index contributed by atoms with van der Waals surface area (Å²) >= 11 is 0. The van der Waals surface area contributed by atoms with Gasteiger partial charge in [0.2, 0.25) is 5.91 Å². The lowest BCUT2D eigenvalue weighted by atomic mass is 9.88. The highest BCUT2D eigenvalue weighted by Crippen LogP contribution is 2.47. The number of likely N-dealkylation sites (tertiary alicyclic amines) is 1. The molecule has 1 spiro atoms. The number of rotatable bonds is 3. The first-order chi connectivity index (χ1) is 16.2. The summed E-state index contributed by atoms with van der Waals surface area (Å²) in [5.74, 6) is -1.11. The van der Waals surface area contributed by atoms with Gasteiger partial charge in [-0.25, -0.2) is 9.78 Å². The molecule has 0 radical (unpaired) electrons. The van der Waals surface area contributed by atoms with E-state index in [0.29, 0.717) is 5.91 Å². The van der Waals surface area contributed by atoms with Gasteiger partial charge >= 0.3 is 12.1 Å². The fourth-order valence-electron chi connectivity index (χ4n) is 5.50. The molecule has 1 saturated heterocycles. The van der Waals surface area contributed by atoms with Crippen LogP contribution in [0.25, 0.3) is 5.82 Å². The van der Waals surface area contributed by atoms with E-state index in [1.165, 1.54) is 24.2 Å². The molecule has 2 aliphatic heterocycles. The van der Waals surface area contributed by atoms with Crippen molar-refractivity contribution in [2.45, 2.75) is 57.2 Å². The zero-order chi connectivity index (χ0) is 24.5. The summed E-state index contributed by atoms with van der Waals surface area (Å²) < 4.78 is 34.0. The highest BCUT2D eigenvalue weighted by Gasteiger charge is 2.51. The summed E-state index contributed by atoms with van der Waals surface area (Å²) in [5, 5.41) is 7.12. The van der Waals surface area contributed by atoms with E-state index in [0.717, 1.165) is 51.1 Å². The van der Waals surface area contributed by atoms with Gasteiger partial charge < -0.3 is 19.5 Å². The third-order valence-corrected chi connectivity index (χ3v) is 6.98. The maximum absolute atomic E-state index is 13.1. The van der Waals surface area contributed by atoms with Crippen LogP contribution in [0.2, 0.25) is 0 Å². The van der Waals surface area contributed by atoms with Crippen LogP contribution in [0.1, 0.15) is 51.1 Å². The van der Waals surface area contributed by atoms with Crippen molar-refractivity contribution in [1.29, 1.82) is 0 Å². The summed E-state index contributed by atoms with van der Waals surface area (Å²) in [6.45, 7) is 4.86. The summed E-state index contributed by atoms with van der Waals surface area (Å²) in [6, 6.07) is 8.56. The number of pyridine rings is 1. The summed E-state index contributed by atoms with van der Waals surface area (Å²) in [7, 11) is 0. The van der Waals surface area contributed by atoms with Crippen molar-refractivity contribution >= 4 is 17.6 Å². The Balaban J connectivity index is 0.000000344. The molecule has 2 aromatic rings. The first kappa shape index (κ1) is 24.1. The number of anilines is 1. The largest absolute Gasteiger partial charge is 0.490 e. The fraction of sp³-hybridized carbons (Fsp3) is 0.542. The van der Waals surface area contributed by atoms with Crippen LogP contribution >= 0.6 is 0 Å². The number of aliphatic carboxylic acids is 1. The molecular weight excluding hydrogens is 449 g/mol. The van der Waals surface area contributed by atoms with Gasteiger partial charge in [0.15, 0.2) is 5.82 Å². The molecule has 1 saturated carbocycles. The predicted molar refractivity (Wildman–Crippen MR) is 120 cm³/mol. The molecule has 184 valence electrons. The molecule has 0 bridgehead atoms. The number of carboxylic acids is 1. The molecule has 1 N–H and O–H groups in total. The Hall–Kier alpha value is -3.04. The number of carbonyl (C=O) groups is 2. The Labute approximate surface area is 196 Å². The van der Waals surface area contributed by atoms with Gasteiger partial charge in [-0.15, -0.1) is 0 Å². The lowest BCUT2D eigenvalue weighted by molar-refractivity contribution is -0.192. The van der Waals surface area contributed by atoms with E-state index in [4.69, 9.17) is 9.90 Å². The lowest BCUT2D eigenvalue weighted by Crippen LogP contribution is -2.53. The molecule has 0 aromatic carbocycles. The molecular formula is C24H29F3N4O3. The quantitative estimate of drug-likeness (QED) is 0.710. The number of hydrogen-bond acceptors (Lipinski definition) is 4. The molecule has 10 heteroatoms. The van der Waals surface area contributed by atoms with Gasteiger partial charge in [0, 0.05) is 37.9 Å². The minimum Gasteiger partial charge on any atom is -0.475 e. The van der Waals surface area contributed by atoms with E-state index >= 15 is 0 Å². The average Bonchev–Trinajstić information content (AvgIpc) is 3.57. The monoisotopic (exact) mass is 478 g/mol. The van der Waals surface area contributed by atoms with Crippen LogP contribution in [-0.4, -0.2) is 57.2 Å². The van der Waals surface area contributed by atoms with Gasteiger partial charge in [-0.1, -0.05) is 19.8 Å². The molecule has 34 heavy (non-hydrogen) atoms. The minimum absolute atomic E-state index is 0.135. The van der Waals surface area contributed by atoms with E-state index in [1.54, 1.807) is 0 Å². The summed E-state index contributed by atoms with van der Waals surface area (Å²) in [6.07, 6.45) is 5.53. The molecule has 7 nitrogen and oxygen atoms in total. The van der Waals surface area contributed by atoms with Crippen LogP contribution in [0.3, 0.4) is 0 Å². The van der Waals surface area contributed by atoms with Crippen LogP contribution in [0, 0.1) is 5.92 Å². The van der Waals surface area contributed by atoms with Crippen molar-refractivity contribution in [2.75, 3.05) is 24.5 Å². The topological polar surface area (TPSA) is 78.7 Å². The number of alkyl halides is 3. The Morgan fingerprint density at radius 2 is 1.91 bits per heavy atom. The Morgan fingerprint density at radius 1 is 1.21 bits per heavy atom. The molecule has 2 fully saturated rings. The lowest BCUT2D eigenvalue weighted by Gasteiger charge is -2.47. The van der Waals surface area contributed by atoms with E-state index in [9.17, 15) is 18.0 Å². The number of aromatic nitrogens is 2. The summed E-state index contributed by atoms with van der Waals surface area (Å²) in [5.41, 5.74) is 2.34. The third kappa shape index (κ3) is 4.25. The molecule has 1 unspecified atom stereocenters. The van der Waals surface area contributed by atoms with Crippen molar-refractivity contribution < 1.29 is 27.9 Å². The zero-order valence-corrected chi connectivity index (χ0v) is 19.1. The van der Waals surface area contributed by atoms with Crippen molar-refractivity contribution in [1.82, 2.24) is 14.5 Å². The van der Waals surface area contributed by atoms with Gasteiger partial charge in [0.1, 0.15) is 5.54 Å². The van der Waals surface area contributed by atoms with Crippen molar-refractivity contribution in [3.05, 3.63) is 42.4 Å². The molecule has 2 aromatic heterocycles. The van der Waals surface area contributed by atoms with Gasteiger partial charge in [-0.05, 0) is 49.9 Å². The highest BCUT2D eigenvalue weighted by molar-refractivity contribution is 5.80. The second kappa shape index (κ2) is 9.31. The van der Waals surface area contributed by atoms with E-state index < -0.39 is 12.1 Å². The number of halogens is 3. The zero-order valence-electron chi connectivity index (χ0n) is 19.1. The number of nitrogens with zero attached hydrogens (tertiary/aromatic N) is 4. The van der Waals surface area contributed by atoms with Gasteiger partial charge in [-0.2, -0.15) is 13.2 Å². The molecule has 1 atom stereocenters. The first-order valence-corrected chi connectivity index (χ1v) is 11.7. The van der Waals surface area contributed by atoms with Crippen LogP contribution in [0.15, 0.2) is 36.7 Å². The third-order valence-electron chi connectivity index (χ3n) is 6.98. The van der Waals surface area contributed by atoms with Gasteiger partial charge in [0.05, 0.1) is 11.4 Å². The predicted octanol–water partition coefficient (Wildman–Crippen LogP) is 4.35. The van der Waals surface area contributed by atoms with Crippen LogP contribution < -0.4 is 4.90 Å². The van der Waals surface area contributed by atoms with E-state index in [1.807, 2.05) is 12.3 Å². The van der Waals surface area contributed by atoms with Crippen LogP contribution in [0.4, 0.5) is 18.9 Å². The van der Waals surface area contributed by atoms with Crippen molar-refractivity contribution in [2.24, 2.45) is 5.92 Å². The number of carbonyl (C=O) groups excluding carboxylic acids is 1. The minimum atomic E-state index is -5.08. The summed E-state index contributed by atoms with van der Waals surface area (Å²) in [4.78, 5) is 31.4. The number of fused-ring (bicyclic) bond motifs is 4. The fourth-order valence-corrected chi connectivity index (χ4v) is 5.50. The highest BCUT2D eigenvalue weighted by atomic mass is 19.4. The first-order valence-electron chi connectivity index (χ1n) is 11.7. The Bertz CT molecular complexity index is 1050. The molecule has 1 amide bonds. The SMILES string of the molecule is CCCN1c2cccnc2-n2cccc2C12CCN(C(=O)C1CCCC1)C2.O=C(O)C(F)(F)F. The molecule has 4 heterocycles. The van der Waals surface area contributed by atoms with Gasteiger partial charge in [0.25, 0.3) is 0 Å². The molecule has 5 rings (SSSR count). The van der Waals surface area contributed by atoms with Crippen molar-refractivity contribution in [3.8, 4) is 5.82 Å². The second-order valence-corrected chi connectivity index (χ2v) is 9.09. The van der Waals surface area contributed by atoms with E-state index in [-0.39, 0.29) is 11.5 Å². The number of amides is 1. The van der Waals surface area contributed by atoms with Gasteiger partial charge in [-0.3, -0.25) is 4.79 Å². The van der Waals surface area contributed by atoms with Crippen molar-refractivity contribution in [3.63, 3.8) is 0 Å².